The van der Waals surface area contributed by atoms with Gasteiger partial charge in [0.2, 0.25) is 0 Å². The molecule has 0 aliphatic rings. The lowest BCUT2D eigenvalue weighted by molar-refractivity contribution is -0.133. The molecule has 0 saturated carbocycles. The van der Waals surface area contributed by atoms with Crippen LogP contribution in [-0.4, -0.2) is 42.0 Å². The minimum absolute atomic E-state index is 0.270. The third-order valence-electron chi connectivity index (χ3n) is 4.16. The number of hydrogen-bond donors (Lipinski definition) is 1. The Morgan fingerprint density at radius 1 is 1.07 bits per heavy atom. The van der Waals surface area contributed by atoms with Crippen LogP contribution in [0.4, 0.5) is 0 Å². The molecule has 0 aliphatic carbocycles. The highest BCUT2D eigenvalue weighted by atomic mass is 16.5. The summed E-state index contributed by atoms with van der Waals surface area (Å²) in [6, 6.07) is 16.8. The van der Waals surface area contributed by atoms with E-state index in [1.54, 1.807) is 13.1 Å². The van der Waals surface area contributed by atoms with Crippen LogP contribution in [0.1, 0.15) is 23.0 Å². The summed E-state index contributed by atoms with van der Waals surface area (Å²) in [6.07, 6.45) is 0. The van der Waals surface area contributed by atoms with Gasteiger partial charge in [0.25, 0.3) is 5.91 Å². The van der Waals surface area contributed by atoms with E-state index in [4.69, 9.17) is 9.47 Å². The van der Waals surface area contributed by atoms with Crippen molar-refractivity contribution in [2.75, 3.05) is 20.3 Å². The van der Waals surface area contributed by atoms with Crippen LogP contribution in [0.25, 0.3) is 10.9 Å². The van der Waals surface area contributed by atoms with Crippen LogP contribution in [0.5, 0.6) is 5.75 Å². The van der Waals surface area contributed by atoms with Crippen LogP contribution in [0.15, 0.2) is 54.6 Å². The number of carbonyl (C=O) groups is 2. The van der Waals surface area contributed by atoms with Gasteiger partial charge in [-0.15, -0.1) is 0 Å². The molecule has 1 amide bonds. The Labute approximate surface area is 157 Å². The molecular formula is C21H22N2O4. The SMILES string of the molecule is CCOc1ccc(CN(C)C(=O)COC(=O)c2cc3ccccc3[nH]2)cc1. The molecule has 0 atom stereocenters. The number of aromatic amines is 1. The van der Waals surface area contributed by atoms with Gasteiger partial charge >= 0.3 is 5.97 Å². The maximum absolute atomic E-state index is 12.2. The molecule has 0 bridgehead atoms. The second-order valence-corrected chi connectivity index (χ2v) is 6.17. The smallest absolute Gasteiger partial charge is 0.355 e. The lowest BCUT2D eigenvalue weighted by Crippen LogP contribution is -2.30. The number of H-pyrrole nitrogens is 1. The first-order valence-electron chi connectivity index (χ1n) is 8.77. The summed E-state index contributed by atoms with van der Waals surface area (Å²) in [5, 5.41) is 0.920. The van der Waals surface area contributed by atoms with Crippen molar-refractivity contribution in [1.29, 1.82) is 0 Å². The van der Waals surface area contributed by atoms with E-state index in [1.165, 1.54) is 4.90 Å². The predicted molar refractivity (Wildman–Crippen MR) is 103 cm³/mol. The van der Waals surface area contributed by atoms with Crippen molar-refractivity contribution in [2.45, 2.75) is 13.5 Å². The van der Waals surface area contributed by atoms with E-state index in [1.807, 2.05) is 55.5 Å². The van der Waals surface area contributed by atoms with Gasteiger partial charge in [-0.05, 0) is 36.8 Å². The first-order chi connectivity index (χ1) is 13.1. The van der Waals surface area contributed by atoms with E-state index in [0.29, 0.717) is 18.8 Å². The minimum atomic E-state index is -0.547. The van der Waals surface area contributed by atoms with Gasteiger partial charge in [0.05, 0.1) is 6.61 Å². The maximum atomic E-state index is 12.2. The van der Waals surface area contributed by atoms with E-state index in [0.717, 1.165) is 22.2 Å². The highest BCUT2D eigenvalue weighted by Gasteiger charge is 2.15. The summed E-state index contributed by atoms with van der Waals surface area (Å²) in [7, 11) is 1.68. The van der Waals surface area contributed by atoms with Gasteiger partial charge in [0.1, 0.15) is 11.4 Å². The number of hydrogen-bond acceptors (Lipinski definition) is 4. The normalized spacial score (nSPS) is 10.6. The summed E-state index contributed by atoms with van der Waals surface area (Å²) in [6.45, 7) is 2.66. The summed E-state index contributed by atoms with van der Waals surface area (Å²) in [5.41, 5.74) is 2.15. The molecule has 1 heterocycles. The number of likely N-dealkylation sites (N-methyl/N-ethyl adjacent to an activating group) is 1. The van der Waals surface area contributed by atoms with Crippen LogP contribution in [0, 0.1) is 0 Å². The van der Waals surface area contributed by atoms with Crippen LogP contribution >= 0.6 is 0 Å². The molecule has 140 valence electrons. The van der Waals surface area contributed by atoms with Crippen molar-refractivity contribution in [3.8, 4) is 5.75 Å². The van der Waals surface area contributed by atoms with Crippen LogP contribution in [-0.2, 0) is 16.1 Å². The summed E-state index contributed by atoms with van der Waals surface area (Å²) < 4.78 is 10.5. The predicted octanol–water partition coefficient (Wildman–Crippen LogP) is 3.38. The van der Waals surface area contributed by atoms with Crippen molar-refractivity contribution < 1.29 is 19.1 Å². The van der Waals surface area contributed by atoms with E-state index in [2.05, 4.69) is 4.98 Å². The van der Waals surface area contributed by atoms with Gasteiger partial charge < -0.3 is 19.4 Å². The van der Waals surface area contributed by atoms with Gasteiger partial charge in [-0.1, -0.05) is 30.3 Å². The number of ether oxygens (including phenoxy) is 2. The molecule has 1 N–H and O–H groups in total. The number of amides is 1. The second kappa shape index (κ2) is 8.40. The van der Waals surface area contributed by atoms with Crippen molar-refractivity contribution in [2.24, 2.45) is 0 Å². The van der Waals surface area contributed by atoms with Crippen molar-refractivity contribution in [3.05, 3.63) is 65.9 Å². The zero-order valence-corrected chi connectivity index (χ0v) is 15.4. The van der Waals surface area contributed by atoms with E-state index < -0.39 is 5.97 Å². The monoisotopic (exact) mass is 366 g/mol. The number of aromatic nitrogens is 1. The van der Waals surface area contributed by atoms with Crippen LogP contribution in [0.3, 0.4) is 0 Å². The topological polar surface area (TPSA) is 71.6 Å². The lowest BCUT2D eigenvalue weighted by atomic mass is 10.2. The Morgan fingerprint density at radius 3 is 2.52 bits per heavy atom. The van der Waals surface area contributed by atoms with Crippen molar-refractivity contribution in [3.63, 3.8) is 0 Å². The van der Waals surface area contributed by atoms with E-state index >= 15 is 0 Å². The highest BCUT2D eigenvalue weighted by Crippen LogP contribution is 2.16. The average molecular weight is 366 g/mol. The van der Waals surface area contributed by atoms with Gasteiger partial charge in [-0.2, -0.15) is 0 Å². The Kier molecular flexibility index (Phi) is 5.76. The first-order valence-corrected chi connectivity index (χ1v) is 8.77. The van der Waals surface area contributed by atoms with E-state index in [9.17, 15) is 9.59 Å². The molecule has 3 aromatic rings. The highest BCUT2D eigenvalue weighted by molar-refractivity contribution is 5.95. The molecule has 0 spiro atoms. The molecule has 6 heteroatoms. The quantitative estimate of drug-likeness (QED) is 0.651. The fourth-order valence-electron chi connectivity index (χ4n) is 2.72. The van der Waals surface area contributed by atoms with Gasteiger partial charge in [0.15, 0.2) is 6.61 Å². The molecule has 0 saturated heterocycles. The number of rotatable bonds is 7. The molecule has 1 aromatic heterocycles. The summed E-state index contributed by atoms with van der Waals surface area (Å²) in [5.74, 6) is -0.0233. The Hall–Kier alpha value is -3.28. The standard InChI is InChI=1S/C21H22N2O4/c1-3-26-17-10-8-15(9-11-17)13-23(2)20(24)14-27-21(25)19-12-16-6-4-5-7-18(16)22-19/h4-12,22H,3,13-14H2,1-2H3. The molecule has 6 nitrogen and oxygen atoms in total. The molecular weight excluding hydrogens is 344 g/mol. The Bertz CT molecular complexity index is 898. The molecule has 0 fully saturated rings. The zero-order chi connectivity index (χ0) is 19.2. The molecule has 0 unspecified atom stereocenters. The second-order valence-electron chi connectivity index (χ2n) is 6.17. The third kappa shape index (κ3) is 4.67. The van der Waals surface area contributed by atoms with Crippen molar-refractivity contribution in [1.82, 2.24) is 9.88 Å². The van der Waals surface area contributed by atoms with Gasteiger partial charge in [-0.3, -0.25) is 4.79 Å². The number of benzene rings is 2. The van der Waals surface area contributed by atoms with Gasteiger partial charge in [0, 0.05) is 24.5 Å². The average Bonchev–Trinajstić information content (AvgIpc) is 3.12. The molecule has 3 rings (SSSR count). The molecule has 27 heavy (non-hydrogen) atoms. The molecule has 2 aromatic carbocycles. The number of para-hydroxylation sites is 1. The van der Waals surface area contributed by atoms with Crippen LogP contribution in [0.2, 0.25) is 0 Å². The number of nitrogens with one attached hydrogen (secondary N) is 1. The first kappa shape index (κ1) is 18.5. The summed E-state index contributed by atoms with van der Waals surface area (Å²) in [4.78, 5) is 28.9. The van der Waals surface area contributed by atoms with Gasteiger partial charge in [-0.25, -0.2) is 4.79 Å². The Balaban J connectivity index is 1.52. The Morgan fingerprint density at radius 2 is 1.81 bits per heavy atom. The molecule has 0 aliphatic heterocycles. The van der Waals surface area contributed by atoms with Crippen molar-refractivity contribution >= 4 is 22.8 Å². The maximum Gasteiger partial charge on any atom is 0.355 e. The van der Waals surface area contributed by atoms with Crippen LogP contribution < -0.4 is 4.74 Å². The lowest BCUT2D eigenvalue weighted by Gasteiger charge is -2.17. The fourth-order valence-corrected chi connectivity index (χ4v) is 2.72. The zero-order valence-electron chi connectivity index (χ0n) is 15.4. The third-order valence-corrected chi connectivity index (χ3v) is 4.16. The summed E-state index contributed by atoms with van der Waals surface area (Å²) >= 11 is 0. The largest absolute Gasteiger partial charge is 0.494 e. The number of esters is 1. The minimum Gasteiger partial charge on any atom is -0.494 e. The number of fused-ring (bicyclic) bond motifs is 1. The number of carbonyl (C=O) groups excluding carboxylic acids is 2. The number of nitrogens with zero attached hydrogens (tertiary/aromatic N) is 1. The molecule has 0 radical (unpaired) electrons. The fraction of sp³-hybridized carbons (Fsp3) is 0.238. The van der Waals surface area contributed by atoms with E-state index in [-0.39, 0.29) is 12.5 Å².